The van der Waals surface area contributed by atoms with E-state index in [0.717, 1.165) is 37.1 Å². The normalized spacial score (nSPS) is 21.5. The zero-order valence-electron chi connectivity index (χ0n) is 27.4. The molecular formula is C34H36F3N7O4S. The van der Waals surface area contributed by atoms with Crippen LogP contribution in [0.3, 0.4) is 0 Å². The average molecular weight is 696 g/mol. The molecule has 1 N–H and O–H groups in total. The maximum atomic E-state index is 16.9. The van der Waals surface area contributed by atoms with E-state index in [4.69, 9.17) is 19.2 Å². The Morgan fingerprint density at radius 3 is 2.84 bits per heavy atom. The number of rotatable bonds is 6. The lowest BCUT2D eigenvalue weighted by molar-refractivity contribution is 0.0636. The Balaban J connectivity index is 1.33. The van der Waals surface area contributed by atoms with Gasteiger partial charge in [0.15, 0.2) is 5.82 Å². The summed E-state index contributed by atoms with van der Waals surface area (Å²) in [4.78, 5) is 30.4. The van der Waals surface area contributed by atoms with Crippen LogP contribution in [-0.4, -0.2) is 89.3 Å². The minimum absolute atomic E-state index is 0.0430. The van der Waals surface area contributed by atoms with Gasteiger partial charge in [-0.05, 0) is 58.7 Å². The van der Waals surface area contributed by atoms with Gasteiger partial charge in [0.2, 0.25) is 0 Å². The molecule has 3 aromatic heterocycles. The second-order valence-corrected chi connectivity index (χ2v) is 14.7. The summed E-state index contributed by atoms with van der Waals surface area (Å²) in [7, 11) is 0. The molecule has 1 amide bonds. The molecule has 1 aromatic carbocycles. The van der Waals surface area contributed by atoms with E-state index in [2.05, 4.69) is 20.2 Å². The fraction of sp³-hybridized carbons (Fsp3) is 0.500. The lowest BCUT2D eigenvalue weighted by atomic mass is 9.95. The first kappa shape index (κ1) is 33.2. The van der Waals surface area contributed by atoms with Crippen LogP contribution in [0.1, 0.15) is 52.0 Å². The zero-order chi connectivity index (χ0) is 34.5. The van der Waals surface area contributed by atoms with Gasteiger partial charge in [-0.25, -0.2) is 18.0 Å². The van der Waals surface area contributed by atoms with E-state index >= 15 is 8.78 Å². The molecular weight excluding hydrogens is 659 g/mol. The van der Waals surface area contributed by atoms with Crippen molar-refractivity contribution in [2.45, 2.75) is 63.8 Å². The van der Waals surface area contributed by atoms with Gasteiger partial charge in [-0.2, -0.15) is 15.2 Å². The minimum atomic E-state index is -0.942. The van der Waals surface area contributed by atoms with Crippen LogP contribution in [0.25, 0.3) is 32.2 Å². The number of fused-ring (bicyclic) bond motifs is 3. The van der Waals surface area contributed by atoms with Crippen LogP contribution in [0.5, 0.6) is 6.01 Å². The molecule has 15 heteroatoms. The second kappa shape index (κ2) is 12.9. The van der Waals surface area contributed by atoms with Crippen LogP contribution >= 0.6 is 11.3 Å². The largest absolute Gasteiger partial charge is 0.461 e. The number of carbonyl (C=O) groups is 1. The van der Waals surface area contributed by atoms with E-state index in [-0.39, 0.29) is 50.0 Å². The second-order valence-electron chi connectivity index (χ2n) is 13.7. The van der Waals surface area contributed by atoms with Crippen LogP contribution in [-0.2, 0) is 9.47 Å². The highest BCUT2D eigenvalue weighted by Gasteiger charge is 2.49. The molecule has 0 unspecified atom stereocenters. The molecule has 11 nitrogen and oxygen atoms in total. The number of halogens is 3. The molecule has 0 spiro atoms. The lowest BCUT2D eigenvalue weighted by Crippen LogP contribution is -2.43. The number of amides is 1. The Morgan fingerprint density at radius 1 is 1.20 bits per heavy atom. The lowest BCUT2D eigenvalue weighted by Gasteiger charge is -2.31. The molecule has 3 aliphatic heterocycles. The van der Waals surface area contributed by atoms with E-state index in [9.17, 15) is 14.4 Å². The molecule has 49 heavy (non-hydrogen) atoms. The number of nitrogens with one attached hydrogen (secondary N) is 1. The first-order chi connectivity index (χ1) is 23.5. The minimum Gasteiger partial charge on any atom is -0.461 e. The molecule has 0 radical (unpaired) electrons. The third-order valence-corrected chi connectivity index (χ3v) is 10.3. The van der Waals surface area contributed by atoms with E-state index in [0.29, 0.717) is 50.5 Å². The molecule has 258 valence electrons. The predicted octanol–water partition coefficient (Wildman–Crippen LogP) is 6.59. The first-order valence-corrected chi connectivity index (χ1v) is 17.1. The third kappa shape index (κ3) is 6.33. The van der Waals surface area contributed by atoms with Gasteiger partial charge in [0, 0.05) is 49.8 Å². The number of carbonyl (C=O) groups excluding carboxylic acids is 1. The fourth-order valence-corrected chi connectivity index (χ4v) is 8.15. The van der Waals surface area contributed by atoms with Crippen molar-refractivity contribution in [1.29, 1.82) is 5.26 Å². The van der Waals surface area contributed by atoms with Crippen molar-refractivity contribution in [1.82, 2.24) is 19.9 Å². The van der Waals surface area contributed by atoms with Gasteiger partial charge in [0.1, 0.15) is 52.3 Å². The highest BCUT2D eigenvalue weighted by molar-refractivity contribution is 7.23. The van der Waals surface area contributed by atoms with Crippen molar-refractivity contribution in [3.8, 4) is 23.3 Å². The van der Waals surface area contributed by atoms with Crippen LogP contribution in [0.2, 0.25) is 0 Å². The van der Waals surface area contributed by atoms with Gasteiger partial charge in [0.05, 0.1) is 27.8 Å². The molecule has 3 aliphatic rings. The number of ether oxygens (including phenoxy) is 3. The Morgan fingerprint density at radius 2 is 2.04 bits per heavy atom. The summed E-state index contributed by atoms with van der Waals surface area (Å²) >= 11 is 0.845. The van der Waals surface area contributed by atoms with Gasteiger partial charge in [-0.15, -0.1) is 11.3 Å². The van der Waals surface area contributed by atoms with E-state index in [1.807, 2.05) is 11.0 Å². The Kier molecular flexibility index (Phi) is 8.74. The number of hydrogen-bond donors (Lipinski definition) is 1. The van der Waals surface area contributed by atoms with Crippen LogP contribution in [0.4, 0.5) is 28.8 Å². The Hall–Kier alpha value is -4.26. The maximum Gasteiger partial charge on any atom is 0.412 e. The van der Waals surface area contributed by atoms with Crippen LogP contribution in [0, 0.1) is 23.0 Å². The fourth-order valence-electron chi connectivity index (χ4n) is 7.08. The third-order valence-electron chi connectivity index (χ3n) is 9.17. The van der Waals surface area contributed by atoms with E-state index in [1.54, 1.807) is 20.8 Å². The van der Waals surface area contributed by atoms with Crippen molar-refractivity contribution in [2.24, 2.45) is 0 Å². The summed E-state index contributed by atoms with van der Waals surface area (Å²) in [6.07, 6.45) is 2.51. The SMILES string of the molecule is CC(C)(C)OC(=O)Nc1sc2c(F)ccc(-c3ncc4c(N5CCCOCC5)nc(OC[C@@]56CCCN5C[C@H](F)C6)nc4c3F)c2c1C#N. The van der Waals surface area contributed by atoms with Crippen molar-refractivity contribution in [3.05, 3.63) is 35.5 Å². The van der Waals surface area contributed by atoms with Crippen molar-refractivity contribution >= 4 is 49.2 Å². The van der Waals surface area contributed by atoms with Crippen molar-refractivity contribution in [2.75, 3.05) is 56.2 Å². The summed E-state index contributed by atoms with van der Waals surface area (Å²) in [5.41, 5.74) is -1.41. The van der Waals surface area contributed by atoms with E-state index < -0.39 is 35.0 Å². The average Bonchev–Trinajstić information content (AvgIpc) is 3.61. The highest BCUT2D eigenvalue weighted by atomic mass is 32.1. The van der Waals surface area contributed by atoms with E-state index in [1.165, 1.54) is 18.3 Å². The van der Waals surface area contributed by atoms with Crippen molar-refractivity contribution < 1.29 is 32.2 Å². The van der Waals surface area contributed by atoms with Crippen LogP contribution < -0.4 is 15.0 Å². The number of pyridine rings is 1. The summed E-state index contributed by atoms with van der Waals surface area (Å²) in [6, 6.07) is 4.52. The number of benzene rings is 1. The summed E-state index contributed by atoms with van der Waals surface area (Å²) in [6.45, 7) is 8.52. The summed E-state index contributed by atoms with van der Waals surface area (Å²) in [5, 5.41) is 13.2. The first-order valence-electron chi connectivity index (χ1n) is 16.3. The number of alkyl halides is 1. The molecule has 0 bridgehead atoms. The number of nitrogens with zero attached hydrogens (tertiary/aromatic N) is 6. The molecule has 4 aromatic rings. The summed E-state index contributed by atoms with van der Waals surface area (Å²) in [5.74, 6) is -1.03. The predicted molar refractivity (Wildman–Crippen MR) is 179 cm³/mol. The zero-order valence-corrected chi connectivity index (χ0v) is 28.3. The molecule has 3 saturated heterocycles. The number of anilines is 2. The van der Waals surface area contributed by atoms with Gasteiger partial charge in [-0.3, -0.25) is 15.2 Å². The van der Waals surface area contributed by atoms with Gasteiger partial charge >= 0.3 is 12.1 Å². The molecule has 7 rings (SSSR count). The molecule has 0 saturated carbocycles. The van der Waals surface area contributed by atoms with Gasteiger partial charge in [-0.1, -0.05) is 0 Å². The molecule has 0 aliphatic carbocycles. The molecule has 2 atom stereocenters. The number of aromatic nitrogens is 3. The smallest absolute Gasteiger partial charge is 0.412 e. The highest BCUT2D eigenvalue weighted by Crippen LogP contribution is 2.44. The Labute approximate surface area is 285 Å². The van der Waals surface area contributed by atoms with Crippen LogP contribution in [0.15, 0.2) is 18.3 Å². The van der Waals surface area contributed by atoms with Gasteiger partial charge < -0.3 is 19.1 Å². The number of hydrogen-bond acceptors (Lipinski definition) is 11. The monoisotopic (exact) mass is 695 g/mol. The number of thiophene rings is 1. The molecule has 3 fully saturated rings. The maximum absolute atomic E-state index is 16.9. The Bertz CT molecular complexity index is 1970. The molecule has 6 heterocycles. The summed E-state index contributed by atoms with van der Waals surface area (Å²) < 4.78 is 63.8. The topological polar surface area (TPSA) is 126 Å². The quantitative estimate of drug-likeness (QED) is 0.236. The number of nitriles is 1. The van der Waals surface area contributed by atoms with Gasteiger partial charge in [0.25, 0.3) is 0 Å². The van der Waals surface area contributed by atoms with Crippen molar-refractivity contribution in [3.63, 3.8) is 0 Å². The standard InChI is InChI=1S/C34H36F3N7O4S/c1-33(2,3)48-32(45)42-30-21(15-38)24-20(6-7-23(36)28(24)49-30)26-25(37)27-22(16-39-26)29(43-9-5-12-46-13-11-43)41-31(40-27)47-18-34-8-4-10-44(34)17-19(35)14-34/h6-7,16,19H,4-5,8-14,17-18H2,1-3H3,(H,42,45)/t19-,34+/m1/s1.